The Morgan fingerprint density at radius 2 is 2.17 bits per heavy atom. The maximum Gasteiger partial charge on any atom is 0.253 e. The molecule has 4 nitrogen and oxygen atoms in total. The predicted molar refractivity (Wildman–Crippen MR) is 87.0 cm³/mol. The van der Waals surface area contributed by atoms with Gasteiger partial charge in [-0.1, -0.05) is 0 Å². The summed E-state index contributed by atoms with van der Waals surface area (Å²) in [6.45, 7) is 5.56. The molecule has 2 aliphatic rings. The predicted octanol–water partition coefficient (Wildman–Crippen LogP) is 2.32. The van der Waals surface area contributed by atoms with Crippen molar-refractivity contribution in [2.24, 2.45) is 5.92 Å². The number of likely N-dealkylation sites (N-methyl/N-ethyl adjacent to an activating group) is 1. The summed E-state index contributed by atoms with van der Waals surface area (Å²) >= 11 is 0. The smallest absolute Gasteiger partial charge is 0.253 e. The lowest BCUT2D eigenvalue weighted by Gasteiger charge is -2.34. The second-order valence-electron chi connectivity index (χ2n) is 6.87. The molecule has 1 saturated heterocycles. The van der Waals surface area contributed by atoms with Crippen LogP contribution in [0.5, 0.6) is 0 Å². The average Bonchev–Trinajstić information content (AvgIpc) is 3.33. The molecule has 1 heterocycles. The van der Waals surface area contributed by atoms with Crippen LogP contribution >= 0.6 is 0 Å². The number of ether oxygens (including phenoxy) is 1. The summed E-state index contributed by atoms with van der Waals surface area (Å²) < 4.78 is 19.3. The van der Waals surface area contributed by atoms with Crippen LogP contribution in [0.2, 0.25) is 0 Å². The number of hydrogen-bond acceptors (Lipinski definition) is 3. The Labute approximate surface area is 137 Å². The first-order valence-corrected chi connectivity index (χ1v) is 8.38. The van der Waals surface area contributed by atoms with Crippen LogP contribution in [0.4, 0.5) is 4.39 Å². The normalized spacial score (nSPS) is 22.1. The number of halogens is 1. The van der Waals surface area contributed by atoms with Gasteiger partial charge in [0.05, 0.1) is 12.7 Å². The topological polar surface area (TPSA) is 32.8 Å². The number of aryl methyl sites for hydroxylation is 1. The van der Waals surface area contributed by atoms with Gasteiger partial charge in [-0.25, -0.2) is 4.39 Å². The van der Waals surface area contributed by atoms with Gasteiger partial charge >= 0.3 is 0 Å². The molecular formula is C18H25FN2O2. The summed E-state index contributed by atoms with van der Waals surface area (Å²) in [4.78, 5) is 17.0. The number of benzene rings is 1. The van der Waals surface area contributed by atoms with Crippen LogP contribution in [0.25, 0.3) is 0 Å². The molecule has 1 atom stereocenters. The van der Waals surface area contributed by atoms with Gasteiger partial charge in [0, 0.05) is 31.7 Å². The zero-order valence-electron chi connectivity index (χ0n) is 13.9. The van der Waals surface area contributed by atoms with E-state index in [-0.39, 0.29) is 17.8 Å². The van der Waals surface area contributed by atoms with E-state index in [1.54, 1.807) is 19.1 Å². The van der Waals surface area contributed by atoms with E-state index in [0.29, 0.717) is 30.2 Å². The lowest BCUT2D eigenvalue weighted by atomic mass is 10.1. The van der Waals surface area contributed by atoms with E-state index in [1.807, 2.05) is 4.90 Å². The van der Waals surface area contributed by atoms with Crippen molar-refractivity contribution in [1.82, 2.24) is 9.80 Å². The molecule has 2 fully saturated rings. The van der Waals surface area contributed by atoms with E-state index < -0.39 is 0 Å². The Bertz CT molecular complexity index is 574. The lowest BCUT2D eigenvalue weighted by Crippen LogP contribution is -2.48. The molecule has 0 spiro atoms. The van der Waals surface area contributed by atoms with E-state index in [2.05, 4.69) is 11.9 Å². The number of carbonyl (C=O) groups excluding carboxylic acids is 1. The van der Waals surface area contributed by atoms with Gasteiger partial charge in [-0.3, -0.25) is 4.79 Å². The van der Waals surface area contributed by atoms with Crippen LogP contribution in [-0.2, 0) is 4.74 Å². The lowest BCUT2D eigenvalue weighted by molar-refractivity contribution is -0.0331. The van der Waals surface area contributed by atoms with Crippen molar-refractivity contribution in [3.8, 4) is 0 Å². The Kier molecular flexibility index (Phi) is 4.97. The van der Waals surface area contributed by atoms with Crippen molar-refractivity contribution in [2.45, 2.75) is 25.9 Å². The van der Waals surface area contributed by atoms with Crippen molar-refractivity contribution in [3.05, 3.63) is 35.1 Å². The fraction of sp³-hybridized carbons (Fsp3) is 0.611. The Hall–Kier alpha value is -1.46. The first kappa shape index (κ1) is 16.4. The SMILES string of the molecule is Cc1cc(C(=O)N(CC2CC2)C[C@@H]2CN(C)CCO2)ccc1F. The molecule has 1 saturated carbocycles. The number of carbonyl (C=O) groups is 1. The molecule has 1 aromatic rings. The van der Waals surface area contributed by atoms with Crippen LogP contribution in [0.15, 0.2) is 18.2 Å². The van der Waals surface area contributed by atoms with Gasteiger partial charge in [0.1, 0.15) is 5.82 Å². The number of morpholine rings is 1. The van der Waals surface area contributed by atoms with Crippen molar-refractivity contribution in [1.29, 1.82) is 0 Å². The molecule has 1 aliphatic heterocycles. The van der Waals surface area contributed by atoms with Crippen molar-refractivity contribution >= 4 is 5.91 Å². The number of rotatable bonds is 5. The average molecular weight is 320 g/mol. The minimum atomic E-state index is -0.271. The summed E-state index contributed by atoms with van der Waals surface area (Å²) in [5, 5.41) is 0. The van der Waals surface area contributed by atoms with Gasteiger partial charge in [0.15, 0.2) is 0 Å². The summed E-state index contributed by atoms with van der Waals surface area (Å²) in [5.74, 6) is 0.325. The highest BCUT2D eigenvalue weighted by Gasteiger charge is 2.30. The first-order chi connectivity index (χ1) is 11.0. The Balaban J connectivity index is 1.71. The molecule has 0 unspecified atom stereocenters. The third kappa shape index (κ3) is 4.30. The maximum atomic E-state index is 13.4. The molecule has 0 bridgehead atoms. The van der Waals surface area contributed by atoms with E-state index in [4.69, 9.17) is 4.74 Å². The summed E-state index contributed by atoms with van der Waals surface area (Å²) in [5.41, 5.74) is 1.07. The molecule has 5 heteroatoms. The van der Waals surface area contributed by atoms with Crippen LogP contribution in [0, 0.1) is 18.7 Å². The van der Waals surface area contributed by atoms with Crippen molar-refractivity contribution in [3.63, 3.8) is 0 Å². The van der Waals surface area contributed by atoms with E-state index in [9.17, 15) is 9.18 Å². The monoisotopic (exact) mass is 320 g/mol. The second kappa shape index (κ2) is 6.97. The Morgan fingerprint density at radius 3 is 2.83 bits per heavy atom. The van der Waals surface area contributed by atoms with Gasteiger partial charge in [-0.2, -0.15) is 0 Å². The van der Waals surface area contributed by atoms with Crippen LogP contribution in [-0.4, -0.2) is 61.6 Å². The molecule has 0 aromatic heterocycles. The minimum Gasteiger partial charge on any atom is -0.374 e. The minimum absolute atomic E-state index is 0.0168. The molecule has 0 N–H and O–H groups in total. The van der Waals surface area contributed by atoms with Gasteiger partial charge < -0.3 is 14.5 Å². The van der Waals surface area contributed by atoms with Crippen LogP contribution in [0.1, 0.15) is 28.8 Å². The number of hydrogen-bond donors (Lipinski definition) is 0. The highest BCUT2D eigenvalue weighted by Crippen LogP contribution is 2.30. The highest BCUT2D eigenvalue weighted by atomic mass is 19.1. The third-order valence-electron chi connectivity index (χ3n) is 4.63. The van der Waals surface area contributed by atoms with Crippen molar-refractivity contribution < 1.29 is 13.9 Å². The summed E-state index contributed by atoms with van der Waals surface area (Å²) in [6.07, 6.45) is 2.44. The molecule has 3 rings (SSSR count). The quantitative estimate of drug-likeness (QED) is 0.835. The molecule has 126 valence electrons. The maximum absolute atomic E-state index is 13.4. The van der Waals surface area contributed by atoms with Crippen molar-refractivity contribution in [2.75, 3.05) is 39.8 Å². The summed E-state index contributed by atoms with van der Waals surface area (Å²) in [7, 11) is 2.08. The number of amides is 1. The van der Waals surface area contributed by atoms with Gasteiger partial charge in [-0.15, -0.1) is 0 Å². The van der Waals surface area contributed by atoms with Gasteiger partial charge in [0.2, 0.25) is 0 Å². The zero-order chi connectivity index (χ0) is 16.4. The molecule has 0 radical (unpaired) electrons. The zero-order valence-corrected chi connectivity index (χ0v) is 13.9. The molecule has 1 amide bonds. The van der Waals surface area contributed by atoms with E-state index in [1.165, 1.54) is 18.9 Å². The molecule has 1 aliphatic carbocycles. The van der Waals surface area contributed by atoms with Crippen LogP contribution < -0.4 is 0 Å². The first-order valence-electron chi connectivity index (χ1n) is 8.38. The van der Waals surface area contributed by atoms with E-state index >= 15 is 0 Å². The fourth-order valence-electron chi connectivity index (χ4n) is 3.04. The van der Waals surface area contributed by atoms with Gasteiger partial charge in [-0.05, 0) is 56.5 Å². The fourth-order valence-corrected chi connectivity index (χ4v) is 3.04. The summed E-state index contributed by atoms with van der Waals surface area (Å²) in [6, 6.07) is 4.60. The largest absolute Gasteiger partial charge is 0.374 e. The van der Waals surface area contributed by atoms with Gasteiger partial charge in [0.25, 0.3) is 5.91 Å². The molecule has 23 heavy (non-hydrogen) atoms. The second-order valence-corrected chi connectivity index (χ2v) is 6.87. The van der Waals surface area contributed by atoms with Crippen LogP contribution in [0.3, 0.4) is 0 Å². The van der Waals surface area contributed by atoms with E-state index in [0.717, 1.165) is 19.6 Å². The number of nitrogens with zero attached hydrogens (tertiary/aromatic N) is 2. The Morgan fingerprint density at radius 1 is 1.39 bits per heavy atom. The molecular weight excluding hydrogens is 295 g/mol. The highest BCUT2D eigenvalue weighted by molar-refractivity contribution is 5.94. The molecule has 1 aromatic carbocycles. The standard InChI is InChI=1S/C18H25FN2O2/c1-13-9-15(5-6-17(13)19)18(22)21(10-14-3-4-14)12-16-11-20(2)7-8-23-16/h5-6,9,14,16H,3-4,7-8,10-12H2,1-2H3/t16-/m0/s1. The third-order valence-corrected chi connectivity index (χ3v) is 4.63.